The van der Waals surface area contributed by atoms with Crippen LogP contribution in [0, 0.1) is 0 Å². The molecular formula is C16H18O3. The number of ether oxygens (including phenoxy) is 1. The van der Waals surface area contributed by atoms with Crippen LogP contribution in [0.25, 0.3) is 0 Å². The van der Waals surface area contributed by atoms with Crippen LogP contribution in [0.15, 0.2) is 40.8 Å². The van der Waals surface area contributed by atoms with E-state index in [1.165, 1.54) is 5.56 Å². The molecule has 0 bridgehead atoms. The molecule has 0 fully saturated rings. The summed E-state index contributed by atoms with van der Waals surface area (Å²) in [5, 5.41) is 0. The third-order valence-corrected chi connectivity index (χ3v) is 3.24. The van der Waals surface area contributed by atoms with E-state index in [2.05, 4.69) is 26.0 Å². The third-order valence-electron chi connectivity index (χ3n) is 3.24. The van der Waals surface area contributed by atoms with Crippen molar-refractivity contribution in [1.29, 1.82) is 0 Å². The third kappa shape index (κ3) is 3.47. The van der Waals surface area contributed by atoms with E-state index in [1.54, 1.807) is 12.1 Å². The molecule has 0 N–H and O–H groups in total. The summed E-state index contributed by atoms with van der Waals surface area (Å²) in [5.74, 6) is 2.34. The van der Waals surface area contributed by atoms with Crippen LogP contribution in [0.4, 0.5) is 0 Å². The first-order valence-electron chi connectivity index (χ1n) is 6.49. The molecular weight excluding hydrogens is 240 g/mol. The van der Waals surface area contributed by atoms with Crippen molar-refractivity contribution in [3.05, 3.63) is 53.5 Å². The van der Waals surface area contributed by atoms with Crippen LogP contribution in [0.1, 0.15) is 48.1 Å². The van der Waals surface area contributed by atoms with Crippen molar-refractivity contribution in [1.82, 2.24) is 0 Å². The van der Waals surface area contributed by atoms with Crippen LogP contribution in [-0.2, 0) is 6.61 Å². The van der Waals surface area contributed by atoms with E-state index in [1.807, 2.05) is 12.1 Å². The standard InChI is InChI=1S/C16H18O3/c1-3-12(2)13-4-6-14(7-5-13)18-11-16-9-8-15(10-17)19-16/h4-10,12H,3,11H2,1-2H3. The highest BCUT2D eigenvalue weighted by atomic mass is 16.5. The lowest BCUT2D eigenvalue weighted by atomic mass is 9.99. The zero-order chi connectivity index (χ0) is 13.7. The van der Waals surface area contributed by atoms with Crippen molar-refractivity contribution < 1.29 is 13.9 Å². The summed E-state index contributed by atoms with van der Waals surface area (Å²) in [6.45, 7) is 4.72. The molecule has 0 aliphatic heterocycles. The second-order valence-corrected chi connectivity index (χ2v) is 4.59. The van der Waals surface area contributed by atoms with Gasteiger partial charge in [-0.25, -0.2) is 0 Å². The van der Waals surface area contributed by atoms with Gasteiger partial charge in [-0.1, -0.05) is 26.0 Å². The Labute approximate surface area is 113 Å². The number of carbonyl (C=O) groups is 1. The molecule has 0 aliphatic rings. The minimum absolute atomic E-state index is 0.325. The number of carbonyl (C=O) groups excluding carboxylic acids is 1. The number of hydrogen-bond donors (Lipinski definition) is 0. The van der Waals surface area contributed by atoms with Gasteiger partial charge in [-0.05, 0) is 42.2 Å². The largest absolute Gasteiger partial charge is 0.486 e. The van der Waals surface area contributed by atoms with Gasteiger partial charge >= 0.3 is 0 Å². The number of hydrogen-bond acceptors (Lipinski definition) is 3. The van der Waals surface area contributed by atoms with Gasteiger partial charge in [0.1, 0.15) is 18.1 Å². The Morgan fingerprint density at radius 3 is 2.53 bits per heavy atom. The predicted molar refractivity (Wildman–Crippen MR) is 73.6 cm³/mol. The van der Waals surface area contributed by atoms with Crippen molar-refractivity contribution in [3.63, 3.8) is 0 Å². The first-order chi connectivity index (χ1) is 9.22. The molecule has 100 valence electrons. The monoisotopic (exact) mass is 258 g/mol. The molecule has 0 spiro atoms. The summed E-state index contributed by atoms with van der Waals surface area (Å²) in [6.07, 6.45) is 1.81. The fraction of sp³-hybridized carbons (Fsp3) is 0.312. The average molecular weight is 258 g/mol. The maximum atomic E-state index is 10.5. The Kier molecular flexibility index (Phi) is 4.39. The predicted octanol–water partition coefficient (Wildman–Crippen LogP) is 4.18. The van der Waals surface area contributed by atoms with E-state index in [0.29, 0.717) is 30.3 Å². The lowest BCUT2D eigenvalue weighted by Crippen LogP contribution is -1.95. The van der Waals surface area contributed by atoms with Gasteiger partial charge in [0.2, 0.25) is 0 Å². The van der Waals surface area contributed by atoms with E-state index in [0.717, 1.165) is 12.2 Å². The van der Waals surface area contributed by atoms with Gasteiger partial charge < -0.3 is 9.15 Å². The second kappa shape index (κ2) is 6.23. The highest BCUT2D eigenvalue weighted by molar-refractivity contribution is 5.70. The molecule has 1 atom stereocenters. The van der Waals surface area contributed by atoms with Crippen LogP contribution < -0.4 is 4.74 Å². The first kappa shape index (κ1) is 13.4. The van der Waals surface area contributed by atoms with E-state index in [9.17, 15) is 4.79 Å². The Hall–Kier alpha value is -2.03. The summed E-state index contributed by atoms with van der Waals surface area (Å²) < 4.78 is 10.8. The Balaban J connectivity index is 1.94. The smallest absolute Gasteiger partial charge is 0.185 e. The van der Waals surface area contributed by atoms with Gasteiger partial charge in [-0.15, -0.1) is 0 Å². The van der Waals surface area contributed by atoms with Gasteiger partial charge in [0, 0.05) is 0 Å². The zero-order valence-corrected chi connectivity index (χ0v) is 11.3. The highest BCUT2D eigenvalue weighted by Crippen LogP contribution is 2.22. The number of aldehydes is 1. The molecule has 19 heavy (non-hydrogen) atoms. The maximum Gasteiger partial charge on any atom is 0.185 e. The number of rotatable bonds is 6. The molecule has 3 heteroatoms. The van der Waals surface area contributed by atoms with Gasteiger partial charge in [-0.2, -0.15) is 0 Å². The van der Waals surface area contributed by atoms with Crippen LogP contribution in [0.3, 0.4) is 0 Å². The van der Waals surface area contributed by atoms with Gasteiger partial charge in [-0.3, -0.25) is 4.79 Å². The molecule has 0 aliphatic carbocycles. The molecule has 1 aromatic carbocycles. The number of furan rings is 1. The summed E-state index contributed by atoms with van der Waals surface area (Å²) >= 11 is 0. The topological polar surface area (TPSA) is 39.4 Å². The normalized spacial score (nSPS) is 12.1. The lowest BCUT2D eigenvalue weighted by Gasteiger charge is -2.10. The molecule has 0 saturated heterocycles. The second-order valence-electron chi connectivity index (χ2n) is 4.59. The maximum absolute atomic E-state index is 10.5. The lowest BCUT2D eigenvalue weighted by molar-refractivity contribution is 0.109. The van der Waals surface area contributed by atoms with Crippen molar-refractivity contribution in [2.75, 3.05) is 0 Å². The van der Waals surface area contributed by atoms with Gasteiger partial charge in [0.05, 0.1) is 0 Å². The fourth-order valence-electron chi connectivity index (χ4n) is 1.82. The molecule has 0 saturated carbocycles. The van der Waals surface area contributed by atoms with Crippen molar-refractivity contribution in [2.45, 2.75) is 32.8 Å². The SMILES string of the molecule is CCC(C)c1ccc(OCc2ccc(C=O)o2)cc1. The summed E-state index contributed by atoms with van der Waals surface area (Å²) in [4.78, 5) is 10.5. The van der Waals surface area contributed by atoms with E-state index in [4.69, 9.17) is 9.15 Å². The Morgan fingerprint density at radius 2 is 1.95 bits per heavy atom. The Morgan fingerprint density at radius 1 is 1.21 bits per heavy atom. The van der Waals surface area contributed by atoms with Gasteiger partial charge in [0.25, 0.3) is 0 Å². The van der Waals surface area contributed by atoms with E-state index >= 15 is 0 Å². The van der Waals surface area contributed by atoms with Crippen LogP contribution in [-0.4, -0.2) is 6.29 Å². The van der Waals surface area contributed by atoms with E-state index in [-0.39, 0.29) is 0 Å². The first-order valence-corrected chi connectivity index (χ1v) is 6.49. The van der Waals surface area contributed by atoms with Crippen molar-refractivity contribution in [2.24, 2.45) is 0 Å². The molecule has 2 rings (SSSR count). The average Bonchev–Trinajstić information content (AvgIpc) is 2.93. The molecule has 2 aromatic rings. The molecule has 1 unspecified atom stereocenters. The molecule has 3 nitrogen and oxygen atoms in total. The Bertz CT molecular complexity index is 525. The molecule has 1 aromatic heterocycles. The van der Waals surface area contributed by atoms with Crippen molar-refractivity contribution >= 4 is 6.29 Å². The molecule has 0 amide bonds. The quantitative estimate of drug-likeness (QED) is 0.729. The van der Waals surface area contributed by atoms with Crippen LogP contribution in [0.5, 0.6) is 5.75 Å². The minimum atomic E-state index is 0.325. The van der Waals surface area contributed by atoms with Crippen LogP contribution in [0.2, 0.25) is 0 Å². The van der Waals surface area contributed by atoms with Crippen LogP contribution >= 0.6 is 0 Å². The summed E-state index contributed by atoms with van der Waals surface area (Å²) in [5.41, 5.74) is 1.32. The highest BCUT2D eigenvalue weighted by Gasteiger charge is 2.04. The summed E-state index contributed by atoms with van der Waals surface area (Å²) in [6, 6.07) is 11.5. The molecule has 0 radical (unpaired) electrons. The molecule has 1 heterocycles. The zero-order valence-electron chi connectivity index (χ0n) is 11.3. The van der Waals surface area contributed by atoms with Crippen molar-refractivity contribution in [3.8, 4) is 5.75 Å². The van der Waals surface area contributed by atoms with Gasteiger partial charge in [0.15, 0.2) is 12.0 Å². The van der Waals surface area contributed by atoms with E-state index < -0.39 is 0 Å². The fourth-order valence-corrected chi connectivity index (χ4v) is 1.82. The number of benzene rings is 1. The summed E-state index contributed by atoms with van der Waals surface area (Å²) in [7, 11) is 0. The minimum Gasteiger partial charge on any atom is -0.486 e.